The van der Waals surface area contributed by atoms with E-state index in [-0.39, 0.29) is 17.7 Å². The number of likely N-dealkylation sites (tertiary alicyclic amines) is 1. The maximum absolute atomic E-state index is 13.4. The Kier molecular flexibility index (Phi) is 8.09. The molecule has 1 N–H and O–H groups in total. The number of benzene rings is 1. The minimum atomic E-state index is -0.537. The van der Waals surface area contributed by atoms with Crippen LogP contribution in [0.4, 0.5) is 4.79 Å². The van der Waals surface area contributed by atoms with Gasteiger partial charge in [-0.2, -0.15) is 0 Å². The number of carbonyl (C=O) groups excluding carboxylic acids is 3. The number of aryl methyl sites for hydroxylation is 1. The molecule has 2 atom stereocenters. The van der Waals surface area contributed by atoms with Crippen LogP contribution < -0.4 is 5.32 Å². The van der Waals surface area contributed by atoms with Crippen molar-refractivity contribution in [2.24, 2.45) is 5.92 Å². The minimum Gasteiger partial charge on any atom is -0.444 e. The fraction of sp³-hybridized carbons (Fsp3) is 0.625. The standard InChI is InChI=1S/C24H35N3O4S/c1-17-7-9-18(10-8-17)14-27-20(15-32-16-21(27)28)22(29)26-11-5-6-19(13-26)12-25-23(30)31-24(2,3)4/h7-10,19-20H,5-6,11-16H2,1-4H3,(H,25,30)/t19-,20-/m0/s1. The molecule has 2 fully saturated rings. The highest BCUT2D eigenvalue weighted by molar-refractivity contribution is 8.00. The van der Waals surface area contributed by atoms with E-state index in [9.17, 15) is 14.4 Å². The van der Waals surface area contributed by atoms with Crippen LogP contribution in [-0.4, -0.2) is 70.5 Å². The van der Waals surface area contributed by atoms with Gasteiger partial charge in [-0.1, -0.05) is 29.8 Å². The number of hydrogen-bond donors (Lipinski definition) is 1. The number of ether oxygens (including phenoxy) is 1. The molecule has 1 aromatic carbocycles. The predicted molar refractivity (Wildman–Crippen MR) is 126 cm³/mol. The van der Waals surface area contributed by atoms with Crippen molar-refractivity contribution in [3.63, 3.8) is 0 Å². The van der Waals surface area contributed by atoms with Gasteiger partial charge in [-0.25, -0.2) is 4.79 Å². The normalized spacial score (nSPS) is 21.9. The second-order valence-corrected chi connectivity index (χ2v) is 10.7. The highest BCUT2D eigenvalue weighted by atomic mass is 32.2. The second kappa shape index (κ2) is 10.6. The Labute approximate surface area is 195 Å². The van der Waals surface area contributed by atoms with Crippen LogP contribution in [0.1, 0.15) is 44.7 Å². The van der Waals surface area contributed by atoms with Crippen molar-refractivity contribution < 1.29 is 19.1 Å². The molecule has 2 heterocycles. The Morgan fingerprint density at radius 2 is 1.94 bits per heavy atom. The molecule has 8 heteroatoms. The number of piperidine rings is 1. The molecule has 0 aliphatic carbocycles. The van der Waals surface area contributed by atoms with E-state index in [1.807, 2.05) is 56.9 Å². The molecular weight excluding hydrogens is 426 g/mol. The smallest absolute Gasteiger partial charge is 0.407 e. The van der Waals surface area contributed by atoms with E-state index in [0.29, 0.717) is 37.7 Å². The van der Waals surface area contributed by atoms with Crippen LogP contribution in [0.3, 0.4) is 0 Å². The van der Waals surface area contributed by atoms with Gasteiger partial charge in [0.1, 0.15) is 11.6 Å². The Hall–Kier alpha value is -2.22. The van der Waals surface area contributed by atoms with Gasteiger partial charge in [-0.3, -0.25) is 9.59 Å². The number of nitrogens with one attached hydrogen (secondary N) is 1. The number of nitrogens with zero attached hydrogens (tertiary/aromatic N) is 2. The van der Waals surface area contributed by atoms with Gasteiger partial charge in [0.05, 0.1) is 5.75 Å². The van der Waals surface area contributed by atoms with E-state index in [1.165, 1.54) is 17.3 Å². The van der Waals surface area contributed by atoms with Crippen LogP contribution >= 0.6 is 11.8 Å². The lowest BCUT2D eigenvalue weighted by atomic mass is 9.97. The fourth-order valence-electron chi connectivity index (χ4n) is 4.08. The summed E-state index contributed by atoms with van der Waals surface area (Å²) in [6.45, 7) is 9.73. The first-order valence-electron chi connectivity index (χ1n) is 11.3. The van der Waals surface area contributed by atoms with Crippen LogP contribution in [0.2, 0.25) is 0 Å². The molecule has 0 radical (unpaired) electrons. The third kappa shape index (κ3) is 6.89. The van der Waals surface area contributed by atoms with Gasteiger partial charge >= 0.3 is 6.09 Å². The number of hydrogen-bond acceptors (Lipinski definition) is 5. The van der Waals surface area contributed by atoms with E-state index in [1.54, 1.807) is 4.90 Å². The van der Waals surface area contributed by atoms with Crippen LogP contribution in [0, 0.1) is 12.8 Å². The third-order valence-corrected chi connectivity index (χ3v) is 6.72. The molecule has 32 heavy (non-hydrogen) atoms. The van der Waals surface area contributed by atoms with Crippen molar-refractivity contribution in [1.29, 1.82) is 0 Å². The number of carbonyl (C=O) groups is 3. The first-order valence-corrected chi connectivity index (χ1v) is 12.5. The van der Waals surface area contributed by atoms with E-state index < -0.39 is 17.7 Å². The summed E-state index contributed by atoms with van der Waals surface area (Å²) in [6.07, 6.45) is 1.41. The lowest BCUT2D eigenvalue weighted by Gasteiger charge is -2.40. The predicted octanol–water partition coefficient (Wildman–Crippen LogP) is 3.20. The van der Waals surface area contributed by atoms with Gasteiger partial charge in [0.25, 0.3) is 0 Å². The summed E-state index contributed by atoms with van der Waals surface area (Å²) in [5.41, 5.74) is 1.66. The van der Waals surface area contributed by atoms with Gasteiger partial charge in [-0.05, 0) is 52.0 Å². The molecule has 1 aromatic rings. The molecule has 3 rings (SSSR count). The summed E-state index contributed by atoms with van der Waals surface area (Å²) < 4.78 is 5.31. The summed E-state index contributed by atoms with van der Waals surface area (Å²) in [7, 11) is 0. The average molecular weight is 462 g/mol. The van der Waals surface area contributed by atoms with Crippen LogP contribution in [-0.2, 0) is 20.9 Å². The van der Waals surface area contributed by atoms with Crippen LogP contribution in [0.15, 0.2) is 24.3 Å². The summed E-state index contributed by atoms with van der Waals surface area (Å²) in [4.78, 5) is 41.7. The molecule has 0 saturated carbocycles. The zero-order chi connectivity index (χ0) is 23.3. The van der Waals surface area contributed by atoms with Crippen LogP contribution in [0.25, 0.3) is 0 Å². The third-order valence-electron chi connectivity index (χ3n) is 5.72. The summed E-state index contributed by atoms with van der Waals surface area (Å²) in [5, 5.41) is 2.83. The fourth-order valence-corrected chi connectivity index (χ4v) is 5.09. The van der Waals surface area contributed by atoms with E-state index in [2.05, 4.69) is 5.32 Å². The number of thioether (sulfide) groups is 1. The quantitative estimate of drug-likeness (QED) is 0.729. The summed E-state index contributed by atoms with van der Waals surface area (Å²) in [5.74, 6) is 1.24. The largest absolute Gasteiger partial charge is 0.444 e. The van der Waals surface area contributed by atoms with E-state index in [4.69, 9.17) is 4.74 Å². The average Bonchev–Trinajstić information content (AvgIpc) is 2.74. The van der Waals surface area contributed by atoms with Gasteiger partial charge in [-0.15, -0.1) is 11.8 Å². The molecule has 0 spiro atoms. The molecule has 2 aliphatic rings. The molecule has 176 valence electrons. The molecule has 2 saturated heterocycles. The Morgan fingerprint density at radius 3 is 2.62 bits per heavy atom. The molecule has 0 unspecified atom stereocenters. The Balaban J connectivity index is 1.60. The molecule has 0 bridgehead atoms. The maximum Gasteiger partial charge on any atom is 0.407 e. The first kappa shape index (κ1) is 24.4. The number of amides is 3. The van der Waals surface area contributed by atoms with Gasteiger partial charge in [0, 0.05) is 31.9 Å². The second-order valence-electron chi connectivity index (χ2n) is 9.71. The van der Waals surface area contributed by atoms with Crippen molar-refractivity contribution >= 4 is 29.7 Å². The van der Waals surface area contributed by atoms with Crippen molar-refractivity contribution in [2.75, 3.05) is 31.1 Å². The lowest BCUT2D eigenvalue weighted by Crippen LogP contribution is -2.56. The topological polar surface area (TPSA) is 79.0 Å². The first-order chi connectivity index (χ1) is 15.1. The zero-order valence-corrected chi connectivity index (χ0v) is 20.4. The van der Waals surface area contributed by atoms with Gasteiger partial charge in [0.15, 0.2) is 0 Å². The molecule has 7 nitrogen and oxygen atoms in total. The van der Waals surface area contributed by atoms with Crippen LogP contribution in [0.5, 0.6) is 0 Å². The van der Waals surface area contributed by atoms with E-state index >= 15 is 0 Å². The molecular formula is C24H35N3O4S. The van der Waals surface area contributed by atoms with E-state index in [0.717, 1.165) is 18.4 Å². The highest BCUT2D eigenvalue weighted by Crippen LogP contribution is 2.24. The summed E-state index contributed by atoms with van der Waals surface area (Å²) in [6, 6.07) is 7.65. The SMILES string of the molecule is Cc1ccc(CN2C(=O)CSC[C@H]2C(=O)N2CCC[C@@H](CNC(=O)OC(C)(C)C)C2)cc1. The van der Waals surface area contributed by atoms with Crippen molar-refractivity contribution in [3.8, 4) is 0 Å². The Morgan fingerprint density at radius 1 is 1.22 bits per heavy atom. The number of rotatable bonds is 5. The van der Waals surface area contributed by atoms with Gasteiger partial charge < -0.3 is 19.9 Å². The van der Waals surface area contributed by atoms with Crippen molar-refractivity contribution in [3.05, 3.63) is 35.4 Å². The highest BCUT2D eigenvalue weighted by Gasteiger charge is 2.37. The number of alkyl carbamates (subject to hydrolysis) is 1. The maximum atomic E-state index is 13.4. The summed E-state index contributed by atoms with van der Waals surface area (Å²) >= 11 is 1.53. The Bertz CT molecular complexity index is 822. The van der Waals surface area contributed by atoms with Gasteiger partial charge in [0.2, 0.25) is 11.8 Å². The molecule has 0 aromatic heterocycles. The van der Waals surface area contributed by atoms with Crippen molar-refractivity contribution in [2.45, 2.75) is 58.7 Å². The molecule has 2 aliphatic heterocycles. The monoisotopic (exact) mass is 461 g/mol. The van der Waals surface area contributed by atoms with Crippen molar-refractivity contribution in [1.82, 2.24) is 15.1 Å². The molecule has 3 amide bonds. The zero-order valence-electron chi connectivity index (χ0n) is 19.6. The minimum absolute atomic E-state index is 0.0135. The lowest BCUT2D eigenvalue weighted by molar-refractivity contribution is -0.145.